The number of benzene rings is 2. The molecule has 0 unspecified atom stereocenters. The number of alkyl halides is 3. The smallest absolute Gasteiger partial charge is 0.421 e. The van der Waals surface area contributed by atoms with E-state index in [1.807, 2.05) is 24.3 Å². The lowest BCUT2D eigenvalue weighted by Crippen LogP contribution is -2.42. The van der Waals surface area contributed by atoms with Crippen LogP contribution in [0.5, 0.6) is 11.6 Å². The van der Waals surface area contributed by atoms with Crippen molar-refractivity contribution >= 4 is 28.5 Å². The van der Waals surface area contributed by atoms with E-state index in [-0.39, 0.29) is 47.0 Å². The summed E-state index contributed by atoms with van der Waals surface area (Å²) in [5.41, 5.74) is -0.153. The lowest BCUT2D eigenvalue weighted by molar-refractivity contribution is -0.139. The molecule has 226 valence electrons. The number of halogens is 3. The van der Waals surface area contributed by atoms with E-state index in [0.29, 0.717) is 5.92 Å². The number of rotatable bonds is 8. The summed E-state index contributed by atoms with van der Waals surface area (Å²) in [7, 11) is 0. The number of carbonyl (C=O) groups excluding carboxylic acids is 1. The van der Waals surface area contributed by atoms with Crippen molar-refractivity contribution in [3.8, 4) is 11.6 Å². The second-order valence-corrected chi connectivity index (χ2v) is 11.4. The van der Waals surface area contributed by atoms with Gasteiger partial charge >= 0.3 is 12.1 Å². The molecule has 0 bridgehead atoms. The molecule has 0 atom stereocenters. The van der Waals surface area contributed by atoms with E-state index in [1.54, 1.807) is 24.7 Å². The lowest BCUT2D eigenvalue weighted by atomic mass is 9.82. The number of carboxylic acid groups (broad SMARTS) is 1. The zero-order valence-electron chi connectivity index (χ0n) is 24.1. The third kappa shape index (κ3) is 6.50. The van der Waals surface area contributed by atoms with Crippen molar-refractivity contribution in [2.75, 3.05) is 4.90 Å². The highest BCUT2D eigenvalue weighted by molar-refractivity contribution is 6.03. The van der Waals surface area contributed by atoms with Gasteiger partial charge in [-0.15, -0.1) is 0 Å². The van der Waals surface area contributed by atoms with E-state index >= 15 is 0 Å². The summed E-state index contributed by atoms with van der Waals surface area (Å²) in [6, 6.07) is 11.9. The summed E-state index contributed by atoms with van der Waals surface area (Å²) in [5, 5.41) is 15.2. The minimum atomic E-state index is -4.79. The molecule has 1 saturated carbocycles. The molecule has 1 fully saturated rings. The fourth-order valence-electron chi connectivity index (χ4n) is 5.62. The number of aromatic nitrogens is 3. The van der Waals surface area contributed by atoms with Crippen molar-refractivity contribution in [3.05, 3.63) is 77.6 Å². The van der Waals surface area contributed by atoms with Crippen molar-refractivity contribution in [1.82, 2.24) is 14.8 Å². The molecule has 0 saturated heterocycles. The third-order valence-corrected chi connectivity index (χ3v) is 7.89. The van der Waals surface area contributed by atoms with Gasteiger partial charge < -0.3 is 14.7 Å². The van der Waals surface area contributed by atoms with Crippen molar-refractivity contribution in [2.24, 2.45) is 11.8 Å². The van der Waals surface area contributed by atoms with E-state index in [0.717, 1.165) is 48.7 Å². The van der Waals surface area contributed by atoms with Gasteiger partial charge in [-0.2, -0.15) is 18.3 Å². The third-order valence-electron chi connectivity index (χ3n) is 7.89. The molecule has 0 aliphatic heterocycles. The van der Waals surface area contributed by atoms with Crippen LogP contribution in [-0.2, 0) is 17.5 Å². The number of fused-ring (bicyclic) bond motifs is 1. The Bertz CT molecular complexity index is 1640. The minimum absolute atomic E-state index is 0.0563. The van der Waals surface area contributed by atoms with Gasteiger partial charge in [0.25, 0.3) is 0 Å². The van der Waals surface area contributed by atoms with Gasteiger partial charge in [-0.05, 0) is 81.3 Å². The first-order valence-electron chi connectivity index (χ1n) is 14.3. The molecule has 2 aromatic heterocycles. The van der Waals surface area contributed by atoms with Crippen LogP contribution in [0.1, 0.15) is 67.9 Å². The van der Waals surface area contributed by atoms with Gasteiger partial charge in [0.05, 0.1) is 29.5 Å². The van der Waals surface area contributed by atoms with Gasteiger partial charge in [0.1, 0.15) is 11.3 Å². The summed E-state index contributed by atoms with van der Waals surface area (Å²) in [5.74, 6) is -2.02. The topological polar surface area (TPSA) is 97.6 Å². The minimum Gasteiger partial charge on any atom is -0.478 e. The number of aromatic carboxylic acids is 1. The summed E-state index contributed by atoms with van der Waals surface area (Å²) in [6.45, 7) is 5.80. The first-order valence-corrected chi connectivity index (χ1v) is 14.3. The summed E-state index contributed by atoms with van der Waals surface area (Å²) < 4.78 is 49.5. The highest BCUT2D eigenvalue weighted by Crippen LogP contribution is 2.39. The number of para-hydroxylation sites is 1. The fourth-order valence-corrected chi connectivity index (χ4v) is 5.62. The number of anilines is 1. The molecule has 1 aliphatic rings. The van der Waals surface area contributed by atoms with Crippen LogP contribution in [0.15, 0.2) is 60.9 Å². The van der Waals surface area contributed by atoms with E-state index in [4.69, 9.17) is 4.74 Å². The molecular formula is C32H33F3N4O4. The molecular weight excluding hydrogens is 561 g/mol. The predicted molar refractivity (Wildman–Crippen MR) is 155 cm³/mol. The Hall–Kier alpha value is -4.41. The van der Waals surface area contributed by atoms with Gasteiger partial charge in [0.2, 0.25) is 11.8 Å². The molecule has 0 spiro atoms. The Labute approximate surface area is 247 Å². The summed E-state index contributed by atoms with van der Waals surface area (Å²) >= 11 is 0. The molecule has 5 rings (SSSR count). The maximum Gasteiger partial charge on any atom is 0.421 e. The number of pyridine rings is 1. The monoisotopic (exact) mass is 594 g/mol. The van der Waals surface area contributed by atoms with E-state index in [9.17, 15) is 27.9 Å². The Morgan fingerprint density at radius 2 is 1.79 bits per heavy atom. The molecule has 43 heavy (non-hydrogen) atoms. The molecule has 4 aromatic rings. The molecule has 1 N–H and O–H groups in total. The molecule has 2 heterocycles. The Morgan fingerprint density at radius 3 is 2.47 bits per heavy atom. The van der Waals surface area contributed by atoms with Crippen LogP contribution in [0.25, 0.3) is 10.9 Å². The van der Waals surface area contributed by atoms with Crippen LogP contribution < -0.4 is 9.64 Å². The van der Waals surface area contributed by atoms with Gasteiger partial charge in [-0.25, -0.2) is 9.78 Å². The van der Waals surface area contributed by atoms with Crippen LogP contribution in [0, 0.1) is 11.8 Å². The lowest BCUT2D eigenvalue weighted by Gasteiger charge is -2.34. The van der Waals surface area contributed by atoms with Crippen molar-refractivity contribution in [1.29, 1.82) is 0 Å². The highest BCUT2D eigenvalue weighted by Gasteiger charge is 2.37. The Balaban J connectivity index is 1.44. The van der Waals surface area contributed by atoms with Gasteiger partial charge in [0.15, 0.2) is 0 Å². The number of ether oxygens (including phenoxy) is 1. The largest absolute Gasteiger partial charge is 0.478 e. The normalized spacial score (nSPS) is 17.3. The standard InChI is InChI=1S/C32H33F3N4O4/c1-19(2)39(30(40)22-10-8-20(3)9-11-22)28-13-12-24(15-25(28)31(41)42)43-29-26(32(33,34)35)14-21(16-36-29)18-38-27-7-5-4-6-23(27)17-37-38/h4-7,12-17,19-20,22H,8-11,18H2,1-3H3,(H,41,42). The van der Waals surface area contributed by atoms with Gasteiger partial charge in [0, 0.05) is 23.5 Å². The Kier molecular flexibility index (Phi) is 8.43. The molecule has 8 nitrogen and oxygen atoms in total. The van der Waals surface area contributed by atoms with Crippen LogP contribution in [-0.4, -0.2) is 37.8 Å². The molecule has 11 heteroatoms. The number of amides is 1. The summed E-state index contributed by atoms with van der Waals surface area (Å²) in [4.78, 5) is 31.3. The van der Waals surface area contributed by atoms with E-state index in [2.05, 4.69) is 17.0 Å². The molecule has 1 aliphatic carbocycles. The first kappa shape index (κ1) is 30.1. The van der Waals surface area contributed by atoms with Crippen LogP contribution in [0.2, 0.25) is 0 Å². The van der Waals surface area contributed by atoms with Crippen molar-refractivity contribution in [3.63, 3.8) is 0 Å². The number of carboxylic acids is 1. The van der Waals surface area contributed by atoms with Crippen LogP contribution in [0.4, 0.5) is 18.9 Å². The van der Waals surface area contributed by atoms with Gasteiger partial charge in [-0.3, -0.25) is 9.48 Å². The maximum absolute atomic E-state index is 14.1. The maximum atomic E-state index is 14.1. The first-order chi connectivity index (χ1) is 20.4. The van der Waals surface area contributed by atoms with E-state index in [1.165, 1.54) is 23.2 Å². The summed E-state index contributed by atoms with van der Waals surface area (Å²) in [6.07, 6.45) is 1.42. The second kappa shape index (κ2) is 12.1. The number of nitrogens with zero attached hydrogens (tertiary/aromatic N) is 4. The number of carbonyl (C=O) groups is 2. The molecule has 0 radical (unpaired) electrons. The fraction of sp³-hybridized carbons (Fsp3) is 0.375. The Morgan fingerprint density at radius 1 is 1.07 bits per heavy atom. The average molecular weight is 595 g/mol. The SMILES string of the molecule is CC1CCC(C(=O)N(c2ccc(Oc3ncc(Cn4ncc5ccccc54)cc3C(F)(F)F)cc2C(=O)O)C(C)C)CC1. The van der Waals surface area contributed by atoms with Gasteiger partial charge in [-0.1, -0.05) is 25.1 Å². The van der Waals surface area contributed by atoms with Crippen LogP contribution >= 0.6 is 0 Å². The quantitative estimate of drug-likeness (QED) is 0.226. The highest BCUT2D eigenvalue weighted by atomic mass is 19.4. The van der Waals surface area contributed by atoms with Crippen molar-refractivity contribution in [2.45, 2.75) is 65.2 Å². The zero-order chi connectivity index (χ0) is 30.9. The average Bonchev–Trinajstić information content (AvgIpc) is 3.36. The molecule has 2 aromatic carbocycles. The number of hydrogen-bond donors (Lipinski definition) is 1. The predicted octanol–water partition coefficient (Wildman–Crippen LogP) is 7.56. The van der Waals surface area contributed by atoms with E-state index < -0.39 is 23.6 Å². The molecule has 1 amide bonds. The zero-order valence-corrected chi connectivity index (χ0v) is 24.1. The number of hydrogen-bond acceptors (Lipinski definition) is 5. The van der Waals surface area contributed by atoms with Crippen molar-refractivity contribution < 1.29 is 32.6 Å². The second-order valence-electron chi connectivity index (χ2n) is 11.4. The van der Waals surface area contributed by atoms with Crippen LogP contribution in [0.3, 0.4) is 0 Å².